The van der Waals surface area contributed by atoms with Crippen molar-refractivity contribution in [3.05, 3.63) is 34.0 Å². The van der Waals surface area contributed by atoms with Gasteiger partial charge in [0.05, 0.1) is 15.8 Å². The van der Waals surface area contributed by atoms with Crippen LogP contribution in [0.25, 0.3) is 0 Å². The Kier molecular flexibility index (Phi) is 2.62. The van der Waals surface area contributed by atoms with Crippen LogP contribution in [-0.2, 0) is 9.53 Å². The van der Waals surface area contributed by atoms with Crippen molar-refractivity contribution >= 4 is 28.4 Å². The highest BCUT2D eigenvalue weighted by molar-refractivity contribution is 14.1. The molecule has 0 aliphatic carbocycles. The molecule has 0 fully saturated rings. The number of ketones is 1. The predicted molar refractivity (Wildman–Crippen MR) is 58.8 cm³/mol. The first-order valence-electron chi connectivity index (χ1n) is 4.29. The average molecular weight is 304 g/mol. The van der Waals surface area contributed by atoms with E-state index in [1.165, 1.54) is 6.26 Å². The lowest BCUT2D eigenvalue weighted by Gasteiger charge is -2.24. The second-order valence-corrected chi connectivity index (χ2v) is 4.35. The number of ether oxygens (including phenoxy) is 1. The number of carbonyl (C=O) groups excluding carboxylic acids is 1. The van der Waals surface area contributed by atoms with E-state index >= 15 is 0 Å². The lowest BCUT2D eigenvalue weighted by molar-refractivity contribution is -0.124. The minimum absolute atomic E-state index is 0.109. The van der Waals surface area contributed by atoms with Crippen molar-refractivity contribution in [3.8, 4) is 0 Å². The molecule has 0 bridgehead atoms. The van der Waals surface area contributed by atoms with E-state index < -0.39 is 0 Å². The summed E-state index contributed by atoms with van der Waals surface area (Å²) in [6.45, 7) is 1.85. The van der Waals surface area contributed by atoms with Crippen molar-refractivity contribution in [1.82, 2.24) is 0 Å². The summed E-state index contributed by atoms with van der Waals surface area (Å²) >= 11 is 1.98. The van der Waals surface area contributed by atoms with Crippen LogP contribution in [0.3, 0.4) is 0 Å². The molecule has 1 aromatic rings. The third-order valence-corrected chi connectivity index (χ3v) is 3.03. The van der Waals surface area contributed by atoms with Gasteiger partial charge in [-0.1, -0.05) is 6.92 Å². The Labute approximate surface area is 95.3 Å². The predicted octanol–water partition coefficient (Wildman–Crippen LogP) is 2.83. The molecule has 74 valence electrons. The number of halogens is 1. The van der Waals surface area contributed by atoms with Crippen LogP contribution in [0, 0.1) is 5.92 Å². The summed E-state index contributed by atoms with van der Waals surface area (Å²) in [6.07, 6.45) is 2.80. The highest BCUT2D eigenvalue weighted by atomic mass is 127. The first-order chi connectivity index (χ1) is 6.70. The Morgan fingerprint density at radius 3 is 2.93 bits per heavy atom. The molecule has 2 rings (SSSR count). The highest BCUT2D eigenvalue weighted by Crippen LogP contribution is 2.34. The number of hydrogen-bond acceptors (Lipinski definition) is 3. The van der Waals surface area contributed by atoms with Gasteiger partial charge in [0.1, 0.15) is 12.0 Å². The van der Waals surface area contributed by atoms with Gasteiger partial charge >= 0.3 is 0 Å². The van der Waals surface area contributed by atoms with E-state index in [9.17, 15) is 4.79 Å². The number of hydrogen-bond donors (Lipinski definition) is 0. The molecule has 0 saturated heterocycles. The highest BCUT2D eigenvalue weighted by Gasteiger charge is 2.33. The second-order valence-electron chi connectivity index (χ2n) is 3.19. The third kappa shape index (κ3) is 1.58. The summed E-state index contributed by atoms with van der Waals surface area (Å²) in [5, 5.41) is 0. The van der Waals surface area contributed by atoms with Gasteiger partial charge in [0, 0.05) is 0 Å². The van der Waals surface area contributed by atoms with Gasteiger partial charge in [0.2, 0.25) is 0 Å². The van der Waals surface area contributed by atoms with Crippen molar-refractivity contribution in [1.29, 1.82) is 0 Å². The monoisotopic (exact) mass is 304 g/mol. The third-order valence-electron chi connectivity index (χ3n) is 2.24. The van der Waals surface area contributed by atoms with Gasteiger partial charge in [0.15, 0.2) is 11.9 Å². The number of allylic oxidation sites excluding steroid dienone is 1. The fourth-order valence-electron chi connectivity index (χ4n) is 1.43. The molecule has 1 aliphatic heterocycles. The molecule has 2 heterocycles. The summed E-state index contributed by atoms with van der Waals surface area (Å²) in [5.41, 5.74) is 0. The van der Waals surface area contributed by atoms with Crippen molar-refractivity contribution in [2.45, 2.75) is 13.0 Å². The smallest absolute Gasteiger partial charge is 0.179 e. The van der Waals surface area contributed by atoms with E-state index in [2.05, 4.69) is 0 Å². The first kappa shape index (κ1) is 9.76. The van der Waals surface area contributed by atoms with Crippen molar-refractivity contribution in [3.63, 3.8) is 0 Å². The Morgan fingerprint density at radius 1 is 1.50 bits per heavy atom. The van der Waals surface area contributed by atoms with Crippen LogP contribution in [-0.4, -0.2) is 5.78 Å². The molecule has 0 unspecified atom stereocenters. The summed E-state index contributed by atoms with van der Waals surface area (Å²) in [4.78, 5) is 11.6. The molecular weight excluding hydrogens is 295 g/mol. The fraction of sp³-hybridized carbons (Fsp3) is 0.300. The molecule has 2 atom stereocenters. The summed E-state index contributed by atoms with van der Waals surface area (Å²) in [7, 11) is 0. The SMILES string of the molecule is C[C@@H]1C(=O)C(I)=CO[C@@H]1c1ccco1. The second kappa shape index (κ2) is 3.76. The van der Waals surface area contributed by atoms with E-state index in [0.29, 0.717) is 9.34 Å². The van der Waals surface area contributed by atoms with Crippen LogP contribution < -0.4 is 0 Å². The van der Waals surface area contributed by atoms with Crippen LogP contribution >= 0.6 is 22.6 Å². The van der Waals surface area contributed by atoms with Crippen molar-refractivity contribution in [2.24, 2.45) is 5.92 Å². The quantitative estimate of drug-likeness (QED) is 0.749. The van der Waals surface area contributed by atoms with Crippen molar-refractivity contribution < 1.29 is 13.9 Å². The summed E-state index contributed by atoms with van der Waals surface area (Å²) in [6, 6.07) is 3.61. The standard InChI is InChI=1S/C10H9IO3/c1-6-9(12)7(11)5-14-10(6)8-3-2-4-13-8/h2-6,10H,1H3/t6-,10+/m1/s1. The number of furan rings is 1. The van der Waals surface area contributed by atoms with Gasteiger partial charge in [-0.15, -0.1) is 0 Å². The lowest BCUT2D eigenvalue weighted by Crippen LogP contribution is -2.24. The van der Waals surface area contributed by atoms with Gasteiger partial charge < -0.3 is 9.15 Å². The minimum Gasteiger partial charge on any atom is -0.488 e. The van der Waals surface area contributed by atoms with Crippen LogP contribution in [0.2, 0.25) is 0 Å². The summed E-state index contributed by atoms with van der Waals surface area (Å²) < 4.78 is 11.3. The zero-order valence-corrected chi connectivity index (χ0v) is 9.72. The van der Waals surface area contributed by atoms with Gasteiger partial charge in [-0.05, 0) is 34.7 Å². The van der Waals surface area contributed by atoms with Crippen LogP contribution in [0.1, 0.15) is 18.8 Å². The largest absolute Gasteiger partial charge is 0.488 e. The fourth-order valence-corrected chi connectivity index (χ4v) is 2.07. The maximum Gasteiger partial charge on any atom is 0.179 e. The molecular formula is C10H9IO3. The van der Waals surface area contributed by atoms with Crippen LogP contribution in [0.15, 0.2) is 32.7 Å². The Bertz CT molecular complexity index is 367. The molecule has 0 saturated carbocycles. The van der Waals surface area contributed by atoms with Gasteiger partial charge in [-0.2, -0.15) is 0 Å². The molecule has 0 N–H and O–H groups in total. The van der Waals surface area contributed by atoms with E-state index in [-0.39, 0.29) is 17.8 Å². The Hall–Kier alpha value is -0.780. The zero-order chi connectivity index (χ0) is 10.1. The number of Topliss-reactive ketones (excluding diaryl/α,β-unsaturated/α-hetero) is 1. The first-order valence-corrected chi connectivity index (χ1v) is 5.37. The molecule has 4 heteroatoms. The Morgan fingerprint density at radius 2 is 2.29 bits per heavy atom. The molecule has 0 amide bonds. The van der Waals surface area contributed by atoms with Crippen LogP contribution in [0.4, 0.5) is 0 Å². The normalized spacial score (nSPS) is 27.0. The number of carbonyl (C=O) groups is 1. The maximum absolute atomic E-state index is 11.6. The molecule has 1 aliphatic rings. The molecule has 14 heavy (non-hydrogen) atoms. The van der Waals surface area contributed by atoms with E-state index in [4.69, 9.17) is 9.15 Å². The van der Waals surface area contributed by atoms with E-state index in [1.54, 1.807) is 12.3 Å². The van der Waals surface area contributed by atoms with Gasteiger partial charge in [-0.25, -0.2) is 0 Å². The maximum atomic E-state index is 11.6. The van der Waals surface area contributed by atoms with Gasteiger partial charge in [-0.3, -0.25) is 4.79 Å². The number of rotatable bonds is 1. The minimum atomic E-state index is -0.281. The zero-order valence-electron chi connectivity index (χ0n) is 7.57. The molecule has 3 nitrogen and oxygen atoms in total. The van der Waals surface area contributed by atoms with Gasteiger partial charge in [0.25, 0.3) is 0 Å². The molecule has 0 spiro atoms. The topological polar surface area (TPSA) is 39.4 Å². The van der Waals surface area contributed by atoms with Crippen LogP contribution in [0.5, 0.6) is 0 Å². The van der Waals surface area contributed by atoms with Crippen molar-refractivity contribution in [2.75, 3.05) is 0 Å². The molecule has 1 aromatic heterocycles. The lowest BCUT2D eigenvalue weighted by atomic mass is 9.96. The van der Waals surface area contributed by atoms with E-state index in [1.807, 2.05) is 35.6 Å². The summed E-state index contributed by atoms with van der Waals surface area (Å²) in [5.74, 6) is 0.627. The average Bonchev–Trinajstić information content (AvgIpc) is 2.67. The molecule has 0 aromatic carbocycles. The van der Waals surface area contributed by atoms with E-state index in [0.717, 1.165) is 0 Å². The Balaban J connectivity index is 2.28. The molecule has 0 radical (unpaired) electrons.